The van der Waals surface area contributed by atoms with Crippen molar-refractivity contribution in [3.63, 3.8) is 0 Å². The number of benzene rings is 1. The van der Waals surface area contributed by atoms with Gasteiger partial charge in [-0.25, -0.2) is 5.43 Å². The van der Waals surface area contributed by atoms with Gasteiger partial charge in [-0.1, -0.05) is 6.07 Å². The Labute approximate surface area is 127 Å². The van der Waals surface area contributed by atoms with E-state index in [1.807, 2.05) is 32.2 Å². The Hall–Kier alpha value is -1.43. The zero-order valence-corrected chi connectivity index (χ0v) is 13.4. The molecule has 1 atom stereocenters. The molecule has 5 heteroatoms. The van der Waals surface area contributed by atoms with Gasteiger partial charge in [0.25, 0.3) is 0 Å². The number of nitrogens with one attached hydrogen (secondary N) is 1. The summed E-state index contributed by atoms with van der Waals surface area (Å²) >= 11 is 3.44. The van der Waals surface area contributed by atoms with Crippen molar-refractivity contribution in [2.75, 3.05) is 7.11 Å². The van der Waals surface area contributed by atoms with Crippen molar-refractivity contribution in [3.05, 3.63) is 57.3 Å². The Morgan fingerprint density at radius 1 is 1.20 bits per heavy atom. The molecule has 3 N–H and O–H groups in total. The van der Waals surface area contributed by atoms with Crippen LogP contribution in [0.4, 0.5) is 0 Å². The fourth-order valence-corrected chi connectivity index (χ4v) is 2.68. The number of hydrazine groups is 1. The van der Waals surface area contributed by atoms with Crippen LogP contribution in [0.1, 0.15) is 28.3 Å². The zero-order valence-electron chi connectivity index (χ0n) is 11.8. The molecule has 0 aliphatic carbocycles. The maximum absolute atomic E-state index is 5.75. The highest BCUT2D eigenvalue weighted by Gasteiger charge is 2.17. The van der Waals surface area contributed by atoms with E-state index >= 15 is 0 Å². The van der Waals surface area contributed by atoms with E-state index in [1.54, 1.807) is 13.3 Å². The predicted molar refractivity (Wildman–Crippen MR) is 83.6 cm³/mol. The molecule has 0 aliphatic rings. The van der Waals surface area contributed by atoms with E-state index in [9.17, 15) is 0 Å². The normalized spacial score (nSPS) is 12.2. The van der Waals surface area contributed by atoms with Crippen molar-refractivity contribution >= 4 is 15.9 Å². The molecular weight excluding hydrogens is 318 g/mol. The molecule has 0 saturated heterocycles. The van der Waals surface area contributed by atoms with Gasteiger partial charge in [-0.3, -0.25) is 10.8 Å². The Balaban J connectivity index is 2.49. The van der Waals surface area contributed by atoms with Gasteiger partial charge in [-0.15, -0.1) is 0 Å². The number of nitrogens with zero attached hydrogens (tertiary/aromatic N) is 1. The lowest BCUT2D eigenvalue weighted by molar-refractivity contribution is 0.411. The quantitative estimate of drug-likeness (QED) is 0.666. The van der Waals surface area contributed by atoms with E-state index < -0.39 is 0 Å². The molecule has 1 aromatic carbocycles. The average Bonchev–Trinajstić information content (AvgIpc) is 2.43. The maximum atomic E-state index is 5.75. The van der Waals surface area contributed by atoms with E-state index in [2.05, 4.69) is 32.4 Å². The van der Waals surface area contributed by atoms with Crippen molar-refractivity contribution in [2.24, 2.45) is 5.84 Å². The minimum absolute atomic E-state index is 0.107. The van der Waals surface area contributed by atoms with Crippen LogP contribution in [0.15, 0.2) is 35.1 Å². The summed E-state index contributed by atoms with van der Waals surface area (Å²) in [5.74, 6) is 6.64. The van der Waals surface area contributed by atoms with Gasteiger partial charge in [0.2, 0.25) is 0 Å². The molecule has 0 fully saturated rings. The number of halogens is 1. The summed E-state index contributed by atoms with van der Waals surface area (Å²) in [6.45, 7) is 4.07. The topological polar surface area (TPSA) is 60.2 Å². The van der Waals surface area contributed by atoms with Crippen molar-refractivity contribution in [2.45, 2.75) is 19.9 Å². The number of pyridine rings is 1. The summed E-state index contributed by atoms with van der Waals surface area (Å²) in [6, 6.07) is 6.03. The molecule has 0 saturated carbocycles. The van der Waals surface area contributed by atoms with Crippen LogP contribution >= 0.6 is 15.9 Å². The van der Waals surface area contributed by atoms with Gasteiger partial charge in [-0.2, -0.15) is 0 Å². The van der Waals surface area contributed by atoms with Crippen LogP contribution in [0.25, 0.3) is 0 Å². The molecule has 0 radical (unpaired) electrons. The highest BCUT2D eigenvalue weighted by atomic mass is 79.9. The van der Waals surface area contributed by atoms with Crippen molar-refractivity contribution in [1.29, 1.82) is 0 Å². The second-order valence-electron chi connectivity index (χ2n) is 4.71. The molecule has 0 spiro atoms. The summed E-state index contributed by atoms with van der Waals surface area (Å²) < 4.78 is 6.28. The number of nitrogens with two attached hydrogens (primary N) is 1. The highest BCUT2D eigenvalue weighted by molar-refractivity contribution is 9.10. The largest absolute Gasteiger partial charge is 0.496 e. The van der Waals surface area contributed by atoms with Gasteiger partial charge < -0.3 is 4.74 Å². The standard InChI is InChI=1S/C15H18BrN3O/c1-9-5-14(20-3)10(2)4-13(9)15(19-17)11-6-12(16)8-18-7-11/h4-8,15,19H,17H2,1-3H3. The van der Waals surface area contributed by atoms with Crippen molar-refractivity contribution < 1.29 is 4.74 Å². The number of methoxy groups -OCH3 is 1. The Kier molecular flexibility index (Phi) is 4.75. The second kappa shape index (κ2) is 6.35. The molecule has 0 amide bonds. The maximum Gasteiger partial charge on any atom is 0.122 e. The number of aromatic nitrogens is 1. The van der Waals surface area contributed by atoms with Crippen LogP contribution in [0.2, 0.25) is 0 Å². The molecular formula is C15H18BrN3O. The molecule has 20 heavy (non-hydrogen) atoms. The fourth-order valence-electron chi connectivity index (χ4n) is 2.29. The zero-order chi connectivity index (χ0) is 14.7. The third-order valence-electron chi connectivity index (χ3n) is 3.32. The molecule has 1 unspecified atom stereocenters. The first-order valence-electron chi connectivity index (χ1n) is 6.28. The van der Waals surface area contributed by atoms with Gasteiger partial charge in [0, 0.05) is 16.9 Å². The minimum Gasteiger partial charge on any atom is -0.496 e. The molecule has 1 heterocycles. The van der Waals surface area contributed by atoms with Gasteiger partial charge >= 0.3 is 0 Å². The Morgan fingerprint density at radius 3 is 2.55 bits per heavy atom. The summed E-state index contributed by atoms with van der Waals surface area (Å²) in [7, 11) is 1.68. The summed E-state index contributed by atoms with van der Waals surface area (Å²) in [4.78, 5) is 4.20. The van der Waals surface area contributed by atoms with Crippen LogP contribution in [0, 0.1) is 13.8 Å². The Bertz CT molecular complexity index is 616. The fraction of sp³-hybridized carbons (Fsp3) is 0.267. The van der Waals surface area contributed by atoms with Crippen LogP contribution in [-0.2, 0) is 0 Å². The van der Waals surface area contributed by atoms with E-state index in [0.29, 0.717) is 0 Å². The lowest BCUT2D eigenvalue weighted by atomic mass is 9.94. The summed E-state index contributed by atoms with van der Waals surface area (Å²) in [6.07, 6.45) is 3.57. The summed E-state index contributed by atoms with van der Waals surface area (Å²) in [5, 5.41) is 0. The molecule has 2 rings (SSSR count). The molecule has 2 aromatic rings. The number of hydrogen-bond donors (Lipinski definition) is 2. The first-order chi connectivity index (χ1) is 9.56. The third kappa shape index (κ3) is 3.00. The van der Waals surface area contributed by atoms with E-state index in [0.717, 1.165) is 32.5 Å². The Morgan fingerprint density at radius 2 is 1.95 bits per heavy atom. The highest BCUT2D eigenvalue weighted by Crippen LogP contribution is 2.30. The van der Waals surface area contributed by atoms with Gasteiger partial charge in [0.1, 0.15) is 5.75 Å². The first-order valence-corrected chi connectivity index (χ1v) is 7.07. The predicted octanol–water partition coefficient (Wildman–Crippen LogP) is 3.02. The average molecular weight is 336 g/mol. The lowest BCUT2D eigenvalue weighted by Gasteiger charge is -2.20. The molecule has 4 nitrogen and oxygen atoms in total. The van der Waals surface area contributed by atoms with Gasteiger partial charge in [-0.05, 0) is 64.2 Å². The van der Waals surface area contributed by atoms with Crippen LogP contribution in [0.3, 0.4) is 0 Å². The van der Waals surface area contributed by atoms with Crippen LogP contribution < -0.4 is 16.0 Å². The molecule has 1 aromatic heterocycles. The number of rotatable bonds is 4. The van der Waals surface area contributed by atoms with Crippen LogP contribution in [0.5, 0.6) is 5.75 Å². The number of aryl methyl sites for hydroxylation is 2. The summed E-state index contributed by atoms with van der Waals surface area (Å²) in [5.41, 5.74) is 7.19. The molecule has 0 bridgehead atoms. The molecule has 0 aliphatic heterocycles. The minimum atomic E-state index is -0.107. The van der Waals surface area contributed by atoms with Crippen molar-refractivity contribution in [1.82, 2.24) is 10.4 Å². The number of hydrogen-bond acceptors (Lipinski definition) is 4. The van der Waals surface area contributed by atoms with Gasteiger partial charge in [0.15, 0.2) is 0 Å². The van der Waals surface area contributed by atoms with Crippen molar-refractivity contribution in [3.8, 4) is 5.75 Å². The van der Waals surface area contributed by atoms with Gasteiger partial charge in [0.05, 0.1) is 13.2 Å². The van der Waals surface area contributed by atoms with E-state index in [1.165, 1.54) is 0 Å². The third-order valence-corrected chi connectivity index (χ3v) is 3.75. The van der Waals surface area contributed by atoms with E-state index in [-0.39, 0.29) is 6.04 Å². The SMILES string of the molecule is COc1cc(C)c(C(NN)c2cncc(Br)c2)cc1C. The smallest absolute Gasteiger partial charge is 0.122 e. The lowest BCUT2D eigenvalue weighted by Crippen LogP contribution is -2.29. The molecule has 106 valence electrons. The number of ether oxygens (including phenoxy) is 1. The van der Waals surface area contributed by atoms with E-state index in [4.69, 9.17) is 10.6 Å². The second-order valence-corrected chi connectivity index (χ2v) is 5.63. The monoisotopic (exact) mass is 335 g/mol. The first kappa shape index (κ1) is 15.0. The van der Waals surface area contributed by atoms with Crippen LogP contribution in [-0.4, -0.2) is 12.1 Å².